The molecule has 0 atom stereocenters. The van der Waals surface area contributed by atoms with Crippen LogP contribution in [0.3, 0.4) is 0 Å². The molecule has 0 bridgehead atoms. The third-order valence-corrected chi connectivity index (χ3v) is 7.55. The summed E-state index contributed by atoms with van der Waals surface area (Å²) in [6, 6.07) is 6.09. The Balaban J connectivity index is 2.40. The molecular weight excluding hydrogens is 334 g/mol. The van der Waals surface area contributed by atoms with Crippen molar-refractivity contribution < 1.29 is 13.2 Å². The van der Waals surface area contributed by atoms with Gasteiger partial charge in [-0.2, -0.15) is 0 Å². The van der Waals surface area contributed by atoms with Gasteiger partial charge < -0.3 is 5.32 Å². The molecular formula is C17H24ClNO3S. The lowest BCUT2D eigenvalue weighted by Crippen LogP contribution is -2.53. The van der Waals surface area contributed by atoms with Gasteiger partial charge in [0, 0.05) is 11.1 Å². The van der Waals surface area contributed by atoms with E-state index in [1.165, 1.54) is 12.1 Å². The van der Waals surface area contributed by atoms with Gasteiger partial charge in [-0.1, -0.05) is 38.3 Å². The molecule has 1 aliphatic rings. The van der Waals surface area contributed by atoms with Crippen LogP contribution < -0.4 is 5.32 Å². The molecule has 4 nitrogen and oxygen atoms in total. The van der Waals surface area contributed by atoms with Crippen molar-refractivity contribution in [1.29, 1.82) is 0 Å². The molecule has 1 amide bonds. The SMILES string of the molecule is CCC(CC)NC(=O)C1(S(=O)(=O)c2ccc(Cl)cc2)CCCC1. The van der Waals surface area contributed by atoms with Crippen LogP contribution in [0.4, 0.5) is 0 Å². The maximum atomic E-state index is 13.2. The second-order valence-corrected chi connectivity index (χ2v) is 8.84. The molecule has 1 fully saturated rings. The summed E-state index contributed by atoms with van der Waals surface area (Å²) in [5, 5.41) is 3.42. The summed E-state index contributed by atoms with van der Waals surface area (Å²) < 4.78 is 25.0. The number of hydrogen-bond donors (Lipinski definition) is 1. The molecule has 1 saturated carbocycles. The van der Waals surface area contributed by atoms with Gasteiger partial charge in [-0.3, -0.25) is 4.79 Å². The molecule has 0 saturated heterocycles. The normalized spacial score (nSPS) is 17.4. The van der Waals surface area contributed by atoms with Crippen molar-refractivity contribution >= 4 is 27.3 Å². The van der Waals surface area contributed by atoms with Gasteiger partial charge in [0.05, 0.1) is 4.90 Å². The summed E-state index contributed by atoms with van der Waals surface area (Å²) in [5.74, 6) is -0.348. The maximum absolute atomic E-state index is 13.2. The number of hydrogen-bond acceptors (Lipinski definition) is 3. The molecule has 1 aromatic carbocycles. The quantitative estimate of drug-likeness (QED) is 0.843. The molecule has 0 heterocycles. The molecule has 0 aliphatic heterocycles. The minimum absolute atomic E-state index is 0.0143. The first-order valence-corrected chi connectivity index (χ1v) is 10.0. The molecule has 1 aliphatic carbocycles. The number of amides is 1. The van der Waals surface area contributed by atoms with Gasteiger partial charge in [0.15, 0.2) is 14.6 Å². The number of carbonyl (C=O) groups excluding carboxylic acids is 1. The van der Waals surface area contributed by atoms with Gasteiger partial charge in [-0.15, -0.1) is 0 Å². The van der Waals surface area contributed by atoms with E-state index in [1.807, 2.05) is 13.8 Å². The first kappa shape index (κ1) is 18.3. The lowest BCUT2D eigenvalue weighted by atomic mass is 10.0. The molecule has 2 rings (SSSR count). The van der Waals surface area contributed by atoms with Gasteiger partial charge in [0.2, 0.25) is 5.91 Å². The fourth-order valence-corrected chi connectivity index (χ4v) is 5.41. The summed E-state index contributed by atoms with van der Waals surface area (Å²) in [4.78, 5) is 13.0. The highest BCUT2D eigenvalue weighted by Crippen LogP contribution is 2.41. The highest BCUT2D eigenvalue weighted by atomic mass is 35.5. The van der Waals surface area contributed by atoms with Crippen LogP contribution in [0, 0.1) is 0 Å². The Morgan fingerprint density at radius 3 is 2.17 bits per heavy atom. The molecule has 0 radical (unpaired) electrons. The van der Waals surface area contributed by atoms with Gasteiger partial charge >= 0.3 is 0 Å². The van der Waals surface area contributed by atoms with Crippen LogP contribution in [0.5, 0.6) is 0 Å². The summed E-state index contributed by atoms with van der Waals surface area (Å²) in [6.07, 6.45) is 3.85. The van der Waals surface area contributed by atoms with Crippen molar-refractivity contribution in [3.63, 3.8) is 0 Å². The van der Waals surface area contributed by atoms with Crippen LogP contribution in [0.1, 0.15) is 52.4 Å². The van der Waals surface area contributed by atoms with Crippen LogP contribution in [0.15, 0.2) is 29.2 Å². The average molecular weight is 358 g/mol. The molecule has 0 aromatic heterocycles. The lowest BCUT2D eigenvalue weighted by molar-refractivity contribution is -0.124. The zero-order chi connectivity index (χ0) is 17.1. The Kier molecular flexibility index (Phi) is 5.74. The van der Waals surface area contributed by atoms with Crippen molar-refractivity contribution in [3.05, 3.63) is 29.3 Å². The lowest BCUT2D eigenvalue weighted by Gasteiger charge is -2.29. The number of nitrogens with one attached hydrogen (secondary N) is 1. The molecule has 0 spiro atoms. The van der Waals surface area contributed by atoms with Crippen molar-refractivity contribution in [3.8, 4) is 0 Å². The third-order valence-electron chi connectivity index (χ3n) is 4.78. The van der Waals surface area contributed by atoms with Crippen molar-refractivity contribution in [2.45, 2.75) is 68.1 Å². The largest absolute Gasteiger partial charge is 0.352 e. The maximum Gasteiger partial charge on any atom is 0.242 e. The van der Waals surface area contributed by atoms with Crippen molar-refractivity contribution in [1.82, 2.24) is 5.32 Å². The van der Waals surface area contributed by atoms with Gasteiger partial charge in [0.25, 0.3) is 0 Å². The van der Waals surface area contributed by atoms with Crippen molar-refractivity contribution in [2.75, 3.05) is 0 Å². The average Bonchev–Trinajstić information content (AvgIpc) is 3.04. The molecule has 1 aromatic rings. The van der Waals surface area contributed by atoms with E-state index in [2.05, 4.69) is 5.32 Å². The Labute approximate surface area is 143 Å². The van der Waals surface area contributed by atoms with Crippen molar-refractivity contribution in [2.24, 2.45) is 0 Å². The van der Waals surface area contributed by atoms with Crippen LogP contribution in [-0.2, 0) is 14.6 Å². The third kappa shape index (κ3) is 3.41. The van der Waals surface area contributed by atoms with Crippen LogP contribution in [-0.4, -0.2) is 25.1 Å². The Hall–Kier alpha value is -1.07. The minimum atomic E-state index is -3.75. The number of benzene rings is 1. The molecule has 0 unspecified atom stereocenters. The predicted molar refractivity (Wildman–Crippen MR) is 92.3 cm³/mol. The summed E-state index contributed by atoms with van der Waals surface area (Å²) in [7, 11) is -3.75. The Morgan fingerprint density at radius 2 is 1.70 bits per heavy atom. The molecule has 6 heteroatoms. The summed E-state index contributed by atoms with van der Waals surface area (Å²) >= 11 is 5.85. The van der Waals surface area contributed by atoms with Crippen LogP contribution in [0.2, 0.25) is 5.02 Å². The van der Waals surface area contributed by atoms with E-state index in [0.717, 1.165) is 25.7 Å². The van der Waals surface area contributed by atoms with Gasteiger partial charge in [0.1, 0.15) is 0 Å². The van der Waals surface area contributed by atoms with Gasteiger partial charge in [-0.05, 0) is 49.9 Å². The number of halogens is 1. The number of sulfone groups is 1. The van der Waals surface area contributed by atoms with E-state index in [4.69, 9.17) is 11.6 Å². The Morgan fingerprint density at radius 1 is 1.17 bits per heavy atom. The fourth-order valence-electron chi connectivity index (χ4n) is 3.21. The smallest absolute Gasteiger partial charge is 0.242 e. The fraction of sp³-hybridized carbons (Fsp3) is 0.588. The summed E-state index contributed by atoms with van der Waals surface area (Å²) in [6.45, 7) is 3.98. The molecule has 23 heavy (non-hydrogen) atoms. The number of carbonyl (C=O) groups is 1. The van der Waals surface area contributed by atoms with E-state index >= 15 is 0 Å². The second-order valence-electron chi connectivity index (χ2n) is 6.15. The van der Waals surface area contributed by atoms with Gasteiger partial charge in [-0.25, -0.2) is 8.42 Å². The monoisotopic (exact) mass is 357 g/mol. The van der Waals surface area contributed by atoms with Crippen LogP contribution in [0.25, 0.3) is 0 Å². The zero-order valence-electron chi connectivity index (χ0n) is 13.6. The first-order valence-electron chi connectivity index (χ1n) is 8.18. The standard InChI is InChI=1S/C17H24ClNO3S/c1-3-14(4-2)19-16(20)17(11-5-6-12-17)23(21,22)15-9-7-13(18)8-10-15/h7-10,14H,3-6,11-12H2,1-2H3,(H,19,20). The highest BCUT2D eigenvalue weighted by Gasteiger charge is 2.53. The van der Waals surface area contributed by atoms with E-state index < -0.39 is 14.6 Å². The second kappa shape index (κ2) is 7.22. The minimum Gasteiger partial charge on any atom is -0.352 e. The Bertz CT molecular complexity index is 645. The van der Waals surface area contributed by atoms with E-state index in [0.29, 0.717) is 17.9 Å². The summed E-state index contributed by atoms with van der Waals surface area (Å²) in [5.41, 5.74) is 0. The topological polar surface area (TPSA) is 63.2 Å². The molecule has 1 N–H and O–H groups in total. The zero-order valence-corrected chi connectivity index (χ0v) is 15.2. The molecule has 128 valence electrons. The first-order chi connectivity index (χ1) is 10.9. The van der Waals surface area contributed by atoms with E-state index in [1.54, 1.807) is 12.1 Å². The van der Waals surface area contributed by atoms with E-state index in [-0.39, 0.29) is 16.8 Å². The number of rotatable bonds is 6. The highest BCUT2D eigenvalue weighted by molar-refractivity contribution is 7.93. The predicted octanol–water partition coefficient (Wildman–Crippen LogP) is 3.73. The van der Waals surface area contributed by atoms with E-state index in [9.17, 15) is 13.2 Å². The van der Waals surface area contributed by atoms with Crippen LogP contribution >= 0.6 is 11.6 Å².